The molecule has 0 aromatic carbocycles. The minimum Gasteiger partial charge on any atom is -0.302 e. The van der Waals surface area contributed by atoms with Gasteiger partial charge in [-0.25, -0.2) is 0 Å². The van der Waals surface area contributed by atoms with Gasteiger partial charge in [0, 0.05) is 18.1 Å². The van der Waals surface area contributed by atoms with E-state index in [0.717, 1.165) is 6.04 Å². The topological polar surface area (TPSA) is 6.48 Å². The highest BCUT2D eigenvalue weighted by molar-refractivity contribution is 4.98. The first kappa shape index (κ1) is 14.7. The monoisotopic (exact) mass is 238 g/mol. The first-order valence-electron chi connectivity index (χ1n) is 7.32. The minimum absolute atomic E-state index is 0.633. The van der Waals surface area contributed by atoms with Crippen LogP contribution in [0.15, 0.2) is 12.7 Å². The molecule has 0 amide bonds. The Balaban J connectivity index is 0.000000686. The Hall–Kier alpha value is -0.340. The van der Waals surface area contributed by atoms with Gasteiger partial charge in [0.2, 0.25) is 0 Å². The fraction of sp³-hybridized carbons (Fsp3) is 0.867. The van der Waals surface area contributed by atoms with Gasteiger partial charge >= 0.3 is 0 Å². The fourth-order valence-corrected chi connectivity index (χ4v) is 3.34. The average molecular weight is 238 g/mol. The third kappa shape index (κ3) is 3.32. The lowest BCUT2D eigenvalue weighted by Crippen LogP contribution is -2.47. The maximum atomic E-state index is 3.97. The number of likely N-dealkylation sites (N-methyl/N-ethyl adjacent to an activating group) is 1. The molecule has 2 heteroatoms. The molecule has 17 heavy (non-hydrogen) atoms. The molecular formula is C15H30N2. The summed E-state index contributed by atoms with van der Waals surface area (Å²) in [7, 11) is 2.27. The molecule has 0 aromatic rings. The molecule has 3 atom stereocenters. The van der Waals surface area contributed by atoms with Gasteiger partial charge in [0.25, 0.3) is 0 Å². The fourth-order valence-electron chi connectivity index (χ4n) is 3.34. The summed E-state index contributed by atoms with van der Waals surface area (Å²) < 4.78 is 0. The first-order valence-corrected chi connectivity index (χ1v) is 7.32. The summed E-state index contributed by atoms with van der Waals surface area (Å²) in [6.45, 7) is 12.9. The molecule has 0 unspecified atom stereocenters. The minimum atomic E-state index is 0.633. The van der Waals surface area contributed by atoms with Crippen LogP contribution in [0, 0.1) is 0 Å². The predicted octanol–water partition coefficient (Wildman–Crippen LogP) is 3.15. The predicted molar refractivity (Wildman–Crippen MR) is 76.4 cm³/mol. The molecule has 2 heterocycles. The van der Waals surface area contributed by atoms with Crippen molar-refractivity contribution in [3.8, 4) is 0 Å². The van der Waals surface area contributed by atoms with Crippen molar-refractivity contribution in [3.63, 3.8) is 0 Å². The van der Waals surface area contributed by atoms with Gasteiger partial charge in [0.15, 0.2) is 0 Å². The van der Waals surface area contributed by atoms with Crippen LogP contribution in [0.3, 0.4) is 0 Å². The Kier molecular flexibility index (Phi) is 6.21. The van der Waals surface area contributed by atoms with E-state index in [1.807, 2.05) is 13.8 Å². The van der Waals surface area contributed by atoms with Crippen molar-refractivity contribution in [2.24, 2.45) is 0 Å². The highest BCUT2D eigenvalue weighted by Crippen LogP contribution is 2.27. The molecule has 2 rings (SSSR count). The summed E-state index contributed by atoms with van der Waals surface area (Å²) in [5, 5.41) is 0. The zero-order chi connectivity index (χ0) is 12.8. The van der Waals surface area contributed by atoms with Crippen molar-refractivity contribution < 1.29 is 0 Å². The Morgan fingerprint density at radius 3 is 2.35 bits per heavy atom. The summed E-state index contributed by atoms with van der Waals surface area (Å²) >= 11 is 0. The lowest BCUT2D eigenvalue weighted by molar-refractivity contribution is 0.131. The summed E-state index contributed by atoms with van der Waals surface area (Å²) in [5.74, 6) is 0. The number of rotatable bonds is 3. The maximum Gasteiger partial charge on any atom is 0.0279 e. The molecular weight excluding hydrogens is 208 g/mol. The Morgan fingerprint density at radius 1 is 1.18 bits per heavy atom. The van der Waals surface area contributed by atoms with E-state index in [-0.39, 0.29) is 0 Å². The maximum absolute atomic E-state index is 3.97. The van der Waals surface area contributed by atoms with Crippen LogP contribution in [0.5, 0.6) is 0 Å². The Labute approximate surface area is 108 Å². The number of hydrogen-bond donors (Lipinski definition) is 0. The number of hydrogen-bond acceptors (Lipinski definition) is 2. The lowest BCUT2D eigenvalue weighted by Gasteiger charge is -2.36. The van der Waals surface area contributed by atoms with Gasteiger partial charge in [-0.1, -0.05) is 19.9 Å². The van der Waals surface area contributed by atoms with E-state index in [4.69, 9.17) is 0 Å². The van der Waals surface area contributed by atoms with Gasteiger partial charge in [-0.05, 0) is 52.7 Å². The van der Waals surface area contributed by atoms with E-state index in [2.05, 4.69) is 36.4 Å². The normalized spacial score (nSPS) is 32.0. The SMILES string of the molecule is C=C[C@@H]1CCCN1[C@@H](C)[C@H]1CCCN1C.CC. The largest absolute Gasteiger partial charge is 0.302 e. The molecule has 2 nitrogen and oxygen atoms in total. The third-order valence-corrected chi connectivity index (χ3v) is 4.27. The molecule has 0 saturated carbocycles. The second-order valence-electron chi connectivity index (χ2n) is 5.11. The van der Waals surface area contributed by atoms with E-state index in [9.17, 15) is 0 Å². The van der Waals surface area contributed by atoms with Crippen LogP contribution < -0.4 is 0 Å². The highest BCUT2D eigenvalue weighted by Gasteiger charge is 2.34. The van der Waals surface area contributed by atoms with E-state index in [0.29, 0.717) is 12.1 Å². The zero-order valence-corrected chi connectivity index (χ0v) is 12.2. The van der Waals surface area contributed by atoms with E-state index in [1.165, 1.54) is 38.8 Å². The number of nitrogens with zero attached hydrogens (tertiary/aromatic N) is 2. The van der Waals surface area contributed by atoms with Crippen molar-refractivity contribution in [2.45, 2.75) is 64.6 Å². The molecule has 0 N–H and O–H groups in total. The van der Waals surface area contributed by atoms with Crippen molar-refractivity contribution in [3.05, 3.63) is 12.7 Å². The van der Waals surface area contributed by atoms with Crippen molar-refractivity contribution >= 4 is 0 Å². The van der Waals surface area contributed by atoms with Crippen LogP contribution in [-0.4, -0.2) is 48.1 Å². The van der Waals surface area contributed by atoms with Crippen LogP contribution in [-0.2, 0) is 0 Å². The molecule has 0 bridgehead atoms. The second-order valence-corrected chi connectivity index (χ2v) is 5.11. The van der Waals surface area contributed by atoms with Crippen LogP contribution in [0.4, 0.5) is 0 Å². The number of likely N-dealkylation sites (tertiary alicyclic amines) is 2. The van der Waals surface area contributed by atoms with Crippen molar-refractivity contribution in [2.75, 3.05) is 20.1 Å². The molecule has 2 fully saturated rings. The molecule has 0 radical (unpaired) electrons. The molecule has 0 aromatic heterocycles. The lowest BCUT2D eigenvalue weighted by atomic mass is 10.0. The summed E-state index contributed by atoms with van der Waals surface area (Å²) in [5.41, 5.74) is 0. The molecule has 2 aliphatic rings. The summed E-state index contributed by atoms with van der Waals surface area (Å²) in [6, 6.07) is 2.10. The van der Waals surface area contributed by atoms with E-state index < -0.39 is 0 Å². The first-order chi connectivity index (χ1) is 8.24. The molecule has 0 spiro atoms. The van der Waals surface area contributed by atoms with Gasteiger partial charge in [-0.2, -0.15) is 0 Å². The highest BCUT2D eigenvalue weighted by atomic mass is 15.3. The van der Waals surface area contributed by atoms with Crippen molar-refractivity contribution in [1.82, 2.24) is 9.80 Å². The molecule has 100 valence electrons. The molecule has 2 aliphatic heterocycles. The van der Waals surface area contributed by atoms with Gasteiger partial charge in [0.1, 0.15) is 0 Å². The standard InChI is InChI=1S/C13H24N2.C2H6/c1-4-12-7-5-10-15(12)11(2)13-8-6-9-14(13)3;1-2/h4,11-13H,1,5-10H2,2-3H3;1-2H3/t11-,12+,13+;/m0./s1. The second kappa shape index (κ2) is 7.17. The molecule has 2 saturated heterocycles. The quantitative estimate of drug-likeness (QED) is 0.697. The van der Waals surface area contributed by atoms with Gasteiger partial charge in [-0.15, -0.1) is 6.58 Å². The summed E-state index contributed by atoms with van der Waals surface area (Å²) in [6.07, 6.45) is 7.54. The van der Waals surface area contributed by atoms with Gasteiger partial charge in [0.05, 0.1) is 0 Å². The van der Waals surface area contributed by atoms with Crippen LogP contribution in [0.2, 0.25) is 0 Å². The van der Waals surface area contributed by atoms with Crippen LogP contribution >= 0.6 is 0 Å². The molecule has 0 aliphatic carbocycles. The zero-order valence-electron chi connectivity index (χ0n) is 12.2. The average Bonchev–Trinajstić information content (AvgIpc) is 2.98. The van der Waals surface area contributed by atoms with E-state index >= 15 is 0 Å². The summed E-state index contributed by atoms with van der Waals surface area (Å²) in [4.78, 5) is 5.18. The smallest absolute Gasteiger partial charge is 0.0279 e. The Bertz CT molecular complexity index is 227. The van der Waals surface area contributed by atoms with E-state index in [1.54, 1.807) is 0 Å². The van der Waals surface area contributed by atoms with Gasteiger partial charge < -0.3 is 4.90 Å². The van der Waals surface area contributed by atoms with Crippen LogP contribution in [0.1, 0.15) is 46.5 Å². The van der Waals surface area contributed by atoms with Crippen LogP contribution in [0.25, 0.3) is 0 Å². The third-order valence-electron chi connectivity index (χ3n) is 4.27. The Morgan fingerprint density at radius 2 is 1.82 bits per heavy atom. The van der Waals surface area contributed by atoms with Crippen molar-refractivity contribution in [1.29, 1.82) is 0 Å². The van der Waals surface area contributed by atoms with Gasteiger partial charge in [-0.3, -0.25) is 4.90 Å².